The Kier molecular flexibility index (Phi) is 4.99. The molecule has 0 aromatic heterocycles. The van der Waals surface area contributed by atoms with Gasteiger partial charge in [0.2, 0.25) is 0 Å². The number of allylic oxidation sites excluding steroid dienone is 3. The lowest BCUT2D eigenvalue weighted by atomic mass is 9.66. The van der Waals surface area contributed by atoms with Gasteiger partial charge in [-0.2, -0.15) is 0 Å². The molecule has 0 saturated carbocycles. The molecule has 0 saturated heterocycles. The maximum atomic E-state index is 10.7. The van der Waals surface area contributed by atoms with E-state index in [0.717, 1.165) is 6.29 Å². The summed E-state index contributed by atoms with van der Waals surface area (Å²) in [6.07, 6.45) is 3.02. The summed E-state index contributed by atoms with van der Waals surface area (Å²) >= 11 is 0. The first-order valence-corrected chi connectivity index (χ1v) is 5.55. The van der Waals surface area contributed by atoms with Crippen molar-refractivity contribution in [1.29, 1.82) is 0 Å². The minimum absolute atomic E-state index is 0.0641. The van der Waals surface area contributed by atoms with Gasteiger partial charge in [0, 0.05) is 0 Å². The van der Waals surface area contributed by atoms with E-state index in [9.17, 15) is 4.79 Å². The number of hydrogen-bond donors (Lipinski definition) is 0. The third kappa shape index (κ3) is 3.05. The van der Waals surface area contributed by atoms with Gasteiger partial charge in [0.25, 0.3) is 0 Å². The van der Waals surface area contributed by atoms with Crippen LogP contribution in [0.15, 0.2) is 23.8 Å². The van der Waals surface area contributed by atoms with Crippen LogP contribution in [-0.2, 0) is 4.79 Å². The van der Waals surface area contributed by atoms with E-state index < -0.39 is 0 Å². The van der Waals surface area contributed by atoms with Crippen molar-refractivity contribution < 1.29 is 4.79 Å². The largest absolute Gasteiger partial charge is 0.298 e. The Morgan fingerprint density at radius 3 is 2.07 bits per heavy atom. The highest BCUT2D eigenvalue weighted by Crippen LogP contribution is 2.41. The molecule has 0 heterocycles. The molecule has 0 radical (unpaired) electrons. The standard InChI is InChI=1S/C14H24O/c1-8-10(2)12(4)14(6,7)13(5)11(3)9-15/h8-9,12-13H,3H2,1-2,4-7H3. The molecule has 0 aromatic rings. The van der Waals surface area contributed by atoms with Crippen LogP contribution in [0.3, 0.4) is 0 Å². The normalized spacial score (nSPS) is 17.1. The SMILES string of the molecule is C=C(C=O)C(C)C(C)(C)C(C)C(C)=CC. The van der Waals surface area contributed by atoms with Crippen LogP contribution in [0.5, 0.6) is 0 Å². The van der Waals surface area contributed by atoms with Gasteiger partial charge in [-0.05, 0) is 36.7 Å². The van der Waals surface area contributed by atoms with Gasteiger partial charge in [0.1, 0.15) is 6.29 Å². The fraction of sp³-hybridized carbons (Fsp3) is 0.643. The smallest absolute Gasteiger partial charge is 0.145 e. The van der Waals surface area contributed by atoms with Crippen molar-refractivity contribution in [3.8, 4) is 0 Å². The van der Waals surface area contributed by atoms with E-state index in [1.165, 1.54) is 5.57 Å². The van der Waals surface area contributed by atoms with Crippen molar-refractivity contribution in [2.75, 3.05) is 0 Å². The average Bonchev–Trinajstić information content (AvgIpc) is 2.24. The van der Waals surface area contributed by atoms with Gasteiger partial charge in [-0.25, -0.2) is 0 Å². The summed E-state index contributed by atoms with van der Waals surface area (Å²) in [5, 5.41) is 0. The van der Waals surface area contributed by atoms with Crippen LogP contribution in [0, 0.1) is 17.3 Å². The Labute approximate surface area is 94.3 Å². The Morgan fingerprint density at radius 2 is 1.73 bits per heavy atom. The van der Waals surface area contributed by atoms with Gasteiger partial charge < -0.3 is 0 Å². The van der Waals surface area contributed by atoms with E-state index in [4.69, 9.17) is 0 Å². The molecule has 0 aliphatic carbocycles. The monoisotopic (exact) mass is 208 g/mol. The lowest BCUT2D eigenvalue weighted by molar-refractivity contribution is -0.105. The number of carbonyl (C=O) groups excluding carboxylic acids is 1. The Morgan fingerprint density at radius 1 is 1.27 bits per heavy atom. The highest BCUT2D eigenvalue weighted by Gasteiger charge is 2.33. The van der Waals surface area contributed by atoms with Gasteiger partial charge in [0.05, 0.1) is 0 Å². The molecule has 0 fully saturated rings. The molecular weight excluding hydrogens is 184 g/mol. The van der Waals surface area contributed by atoms with Crippen molar-refractivity contribution in [3.05, 3.63) is 23.8 Å². The minimum atomic E-state index is 0.0641. The van der Waals surface area contributed by atoms with Gasteiger partial charge in [-0.1, -0.05) is 45.9 Å². The van der Waals surface area contributed by atoms with Crippen LogP contribution in [-0.4, -0.2) is 6.29 Å². The first-order chi connectivity index (χ1) is 6.78. The highest BCUT2D eigenvalue weighted by atomic mass is 16.1. The molecule has 0 aliphatic heterocycles. The van der Waals surface area contributed by atoms with E-state index in [2.05, 4.69) is 54.2 Å². The van der Waals surface area contributed by atoms with Crippen LogP contribution in [0.1, 0.15) is 41.5 Å². The van der Waals surface area contributed by atoms with Crippen molar-refractivity contribution in [3.63, 3.8) is 0 Å². The molecule has 1 heteroatoms. The van der Waals surface area contributed by atoms with Crippen LogP contribution >= 0.6 is 0 Å². The molecule has 0 amide bonds. The molecule has 2 atom stereocenters. The van der Waals surface area contributed by atoms with Crippen LogP contribution in [0.2, 0.25) is 0 Å². The predicted molar refractivity (Wildman–Crippen MR) is 66.7 cm³/mol. The van der Waals surface area contributed by atoms with E-state index in [1.54, 1.807) is 0 Å². The van der Waals surface area contributed by atoms with Crippen LogP contribution in [0.25, 0.3) is 0 Å². The van der Waals surface area contributed by atoms with E-state index in [1.807, 2.05) is 0 Å². The third-order valence-corrected chi connectivity index (χ3v) is 4.08. The fourth-order valence-electron chi connectivity index (χ4n) is 1.79. The zero-order valence-electron chi connectivity index (χ0n) is 10.9. The molecule has 86 valence electrons. The second-order valence-electron chi connectivity index (χ2n) is 4.99. The molecule has 0 N–H and O–H groups in total. The van der Waals surface area contributed by atoms with Crippen molar-refractivity contribution in [1.82, 2.24) is 0 Å². The molecule has 1 nitrogen and oxygen atoms in total. The highest BCUT2D eigenvalue weighted by molar-refractivity contribution is 5.73. The van der Waals surface area contributed by atoms with E-state index >= 15 is 0 Å². The molecule has 2 unspecified atom stereocenters. The second-order valence-corrected chi connectivity index (χ2v) is 4.99. The number of rotatable bonds is 5. The maximum absolute atomic E-state index is 10.7. The second kappa shape index (κ2) is 5.29. The number of hydrogen-bond acceptors (Lipinski definition) is 1. The van der Waals surface area contributed by atoms with Crippen molar-refractivity contribution in [2.24, 2.45) is 17.3 Å². The Balaban J connectivity index is 4.96. The number of aldehydes is 1. The minimum Gasteiger partial charge on any atom is -0.298 e. The van der Waals surface area contributed by atoms with E-state index in [-0.39, 0.29) is 11.3 Å². The van der Waals surface area contributed by atoms with Crippen LogP contribution < -0.4 is 0 Å². The molecule has 0 spiro atoms. The molecule has 15 heavy (non-hydrogen) atoms. The summed E-state index contributed by atoms with van der Waals surface area (Å²) in [6.45, 7) is 16.7. The summed E-state index contributed by atoms with van der Waals surface area (Å²) in [6, 6.07) is 0. The third-order valence-electron chi connectivity index (χ3n) is 4.08. The van der Waals surface area contributed by atoms with Gasteiger partial charge >= 0.3 is 0 Å². The average molecular weight is 208 g/mol. The van der Waals surface area contributed by atoms with Crippen LogP contribution in [0.4, 0.5) is 0 Å². The summed E-state index contributed by atoms with van der Waals surface area (Å²) in [4.78, 5) is 10.7. The topological polar surface area (TPSA) is 17.1 Å². The van der Waals surface area contributed by atoms with Crippen molar-refractivity contribution >= 4 is 6.29 Å². The Hall–Kier alpha value is -0.850. The molecule has 0 aliphatic rings. The summed E-state index contributed by atoms with van der Waals surface area (Å²) in [5.41, 5.74) is 2.12. The molecule has 0 bridgehead atoms. The predicted octanol–water partition coefficient (Wildman–Crippen LogP) is 4.01. The van der Waals surface area contributed by atoms with Gasteiger partial charge in [-0.3, -0.25) is 4.79 Å². The van der Waals surface area contributed by atoms with Gasteiger partial charge in [0.15, 0.2) is 0 Å². The number of carbonyl (C=O) groups is 1. The Bertz CT molecular complexity index is 261. The lowest BCUT2D eigenvalue weighted by Gasteiger charge is -2.38. The zero-order valence-corrected chi connectivity index (χ0v) is 10.9. The maximum Gasteiger partial charge on any atom is 0.145 e. The lowest BCUT2D eigenvalue weighted by Crippen LogP contribution is -2.31. The summed E-state index contributed by atoms with van der Waals surface area (Å²) < 4.78 is 0. The summed E-state index contributed by atoms with van der Waals surface area (Å²) in [5.74, 6) is 0.661. The molecule has 0 rings (SSSR count). The van der Waals surface area contributed by atoms with E-state index in [0.29, 0.717) is 11.5 Å². The summed E-state index contributed by atoms with van der Waals surface area (Å²) in [7, 11) is 0. The molecular formula is C14H24O. The van der Waals surface area contributed by atoms with Gasteiger partial charge in [-0.15, -0.1) is 0 Å². The first kappa shape index (κ1) is 14.2. The van der Waals surface area contributed by atoms with Crippen molar-refractivity contribution in [2.45, 2.75) is 41.5 Å². The zero-order chi connectivity index (χ0) is 12.2. The fourth-order valence-corrected chi connectivity index (χ4v) is 1.79. The molecule has 0 aromatic carbocycles. The first-order valence-electron chi connectivity index (χ1n) is 5.55. The quantitative estimate of drug-likeness (QED) is 0.379.